The quantitative estimate of drug-likeness (QED) is 0.836. The fourth-order valence-electron chi connectivity index (χ4n) is 3.71. The summed E-state index contributed by atoms with van der Waals surface area (Å²) in [7, 11) is 0. The Morgan fingerprint density at radius 2 is 2.00 bits per heavy atom. The molecule has 2 aliphatic rings. The van der Waals surface area contributed by atoms with Gasteiger partial charge >= 0.3 is 0 Å². The van der Waals surface area contributed by atoms with Crippen molar-refractivity contribution in [1.29, 1.82) is 0 Å². The number of nitrogens with zero attached hydrogens (tertiary/aromatic N) is 5. The Morgan fingerprint density at radius 3 is 2.65 bits per heavy atom. The lowest BCUT2D eigenvalue weighted by molar-refractivity contribution is -0.129. The first-order chi connectivity index (χ1) is 12.6. The summed E-state index contributed by atoms with van der Waals surface area (Å²) in [4.78, 5) is 24.8. The molecule has 4 rings (SSSR count). The van der Waals surface area contributed by atoms with E-state index < -0.39 is 0 Å². The lowest BCUT2D eigenvalue weighted by Crippen LogP contribution is -2.44. The minimum atomic E-state index is 0.148. The van der Waals surface area contributed by atoms with E-state index in [0.29, 0.717) is 11.8 Å². The summed E-state index contributed by atoms with van der Waals surface area (Å²) in [6, 6.07) is 4.18. The van der Waals surface area contributed by atoms with Gasteiger partial charge in [-0.15, -0.1) is 0 Å². The number of hydrogen-bond donors (Lipinski definition) is 0. The zero-order valence-electron chi connectivity index (χ0n) is 15.4. The standard InChI is InChI=1S/C19H25N5O2/c1-13-3-4-17(20-9-13)12-23-10-16(11-23)19-21-18(22-26-19)15-5-7-24(8-6-15)14(2)25/h3-4,9,15-16H,5-8,10-12H2,1-2H3. The van der Waals surface area contributed by atoms with E-state index in [1.165, 1.54) is 5.56 Å². The molecule has 0 atom stereocenters. The van der Waals surface area contributed by atoms with E-state index in [2.05, 4.69) is 32.2 Å². The fraction of sp³-hybridized carbons (Fsp3) is 0.579. The molecular weight excluding hydrogens is 330 g/mol. The molecule has 0 aromatic carbocycles. The predicted octanol–water partition coefficient (Wildman–Crippen LogP) is 2.10. The number of likely N-dealkylation sites (tertiary alicyclic amines) is 2. The van der Waals surface area contributed by atoms with Crippen LogP contribution in [0, 0.1) is 6.92 Å². The van der Waals surface area contributed by atoms with Crippen LogP contribution in [0.4, 0.5) is 0 Å². The highest BCUT2D eigenvalue weighted by atomic mass is 16.5. The molecule has 0 N–H and O–H groups in total. The van der Waals surface area contributed by atoms with Gasteiger partial charge in [0.2, 0.25) is 11.8 Å². The molecule has 0 aliphatic carbocycles. The van der Waals surface area contributed by atoms with Crippen molar-refractivity contribution >= 4 is 5.91 Å². The number of hydrogen-bond acceptors (Lipinski definition) is 6. The van der Waals surface area contributed by atoms with Crippen molar-refractivity contribution in [3.63, 3.8) is 0 Å². The molecule has 138 valence electrons. The summed E-state index contributed by atoms with van der Waals surface area (Å²) in [6.07, 6.45) is 3.73. The Balaban J connectivity index is 1.28. The summed E-state index contributed by atoms with van der Waals surface area (Å²) in [5.74, 6) is 2.33. The average Bonchev–Trinajstić information content (AvgIpc) is 3.09. The largest absolute Gasteiger partial charge is 0.343 e. The van der Waals surface area contributed by atoms with E-state index in [1.807, 2.05) is 18.0 Å². The Morgan fingerprint density at radius 1 is 1.23 bits per heavy atom. The summed E-state index contributed by atoms with van der Waals surface area (Å²) in [5, 5.41) is 4.21. The normalized spacial score (nSPS) is 19.5. The molecule has 0 bridgehead atoms. The molecule has 7 heteroatoms. The van der Waals surface area contributed by atoms with Gasteiger partial charge in [-0.05, 0) is 31.4 Å². The molecule has 7 nitrogen and oxygen atoms in total. The molecule has 2 aliphatic heterocycles. The lowest BCUT2D eigenvalue weighted by atomic mass is 9.96. The van der Waals surface area contributed by atoms with Gasteiger partial charge in [-0.25, -0.2) is 0 Å². The van der Waals surface area contributed by atoms with Crippen LogP contribution in [0.15, 0.2) is 22.9 Å². The SMILES string of the molecule is CC(=O)N1CCC(c2noc(C3CN(Cc4ccc(C)cn4)C3)n2)CC1. The maximum Gasteiger partial charge on any atom is 0.232 e. The second-order valence-corrected chi connectivity index (χ2v) is 7.49. The van der Waals surface area contributed by atoms with Crippen LogP contribution >= 0.6 is 0 Å². The van der Waals surface area contributed by atoms with Crippen LogP contribution in [0.1, 0.15) is 54.6 Å². The van der Waals surface area contributed by atoms with Crippen LogP contribution in [0.3, 0.4) is 0 Å². The maximum atomic E-state index is 11.4. The number of amides is 1. The van der Waals surface area contributed by atoms with E-state index in [-0.39, 0.29) is 5.91 Å². The van der Waals surface area contributed by atoms with Gasteiger partial charge in [0, 0.05) is 51.8 Å². The minimum Gasteiger partial charge on any atom is -0.343 e. The van der Waals surface area contributed by atoms with E-state index >= 15 is 0 Å². The fourth-order valence-corrected chi connectivity index (χ4v) is 3.71. The summed E-state index contributed by atoms with van der Waals surface area (Å²) < 4.78 is 5.53. The van der Waals surface area contributed by atoms with Crippen LogP contribution < -0.4 is 0 Å². The van der Waals surface area contributed by atoms with Crippen LogP contribution in [-0.4, -0.2) is 57.0 Å². The van der Waals surface area contributed by atoms with Crippen molar-refractivity contribution in [2.75, 3.05) is 26.2 Å². The zero-order chi connectivity index (χ0) is 18.1. The van der Waals surface area contributed by atoms with Gasteiger partial charge in [-0.1, -0.05) is 11.2 Å². The molecule has 0 radical (unpaired) electrons. The van der Waals surface area contributed by atoms with Crippen molar-refractivity contribution in [3.8, 4) is 0 Å². The molecule has 0 spiro atoms. The predicted molar refractivity (Wildman–Crippen MR) is 95.5 cm³/mol. The Labute approximate surface area is 153 Å². The molecule has 2 saturated heterocycles. The number of aromatic nitrogens is 3. The van der Waals surface area contributed by atoms with Crippen molar-refractivity contribution in [2.24, 2.45) is 0 Å². The smallest absolute Gasteiger partial charge is 0.232 e. The Bertz CT molecular complexity index is 758. The first kappa shape index (κ1) is 17.1. The topological polar surface area (TPSA) is 75.4 Å². The summed E-state index contributed by atoms with van der Waals surface area (Å²) in [6.45, 7) is 7.96. The second kappa shape index (κ2) is 7.15. The zero-order valence-corrected chi connectivity index (χ0v) is 15.4. The number of aryl methyl sites for hydroxylation is 1. The van der Waals surface area contributed by atoms with Crippen LogP contribution in [-0.2, 0) is 11.3 Å². The molecule has 2 aromatic heterocycles. The number of carbonyl (C=O) groups is 1. The monoisotopic (exact) mass is 355 g/mol. The molecule has 1 amide bonds. The van der Waals surface area contributed by atoms with Gasteiger partial charge < -0.3 is 9.42 Å². The van der Waals surface area contributed by atoms with Crippen molar-refractivity contribution in [3.05, 3.63) is 41.3 Å². The Kier molecular flexibility index (Phi) is 4.72. The second-order valence-electron chi connectivity index (χ2n) is 7.49. The molecule has 0 unspecified atom stereocenters. The van der Waals surface area contributed by atoms with Gasteiger partial charge in [0.25, 0.3) is 0 Å². The maximum absolute atomic E-state index is 11.4. The molecule has 2 fully saturated rings. The lowest BCUT2D eigenvalue weighted by Gasteiger charge is -2.36. The number of carbonyl (C=O) groups excluding carboxylic acids is 1. The van der Waals surface area contributed by atoms with Crippen LogP contribution in [0.25, 0.3) is 0 Å². The van der Waals surface area contributed by atoms with Gasteiger partial charge in [-0.2, -0.15) is 4.98 Å². The number of piperidine rings is 1. The highest BCUT2D eigenvalue weighted by molar-refractivity contribution is 5.73. The number of rotatable bonds is 4. The third-order valence-corrected chi connectivity index (χ3v) is 5.43. The van der Waals surface area contributed by atoms with Crippen molar-refractivity contribution in [1.82, 2.24) is 24.9 Å². The molecule has 4 heterocycles. The van der Waals surface area contributed by atoms with E-state index in [1.54, 1.807) is 6.92 Å². The van der Waals surface area contributed by atoms with Gasteiger partial charge in [0.05, 0.1) is 11.6 Å². The molecular formula is C19H25N5O2. The first-order valence-electron chi connectivity index (χ1n) is 9.31. The van der Waals surface area contributed by atoms with Gasteiger partial charge in [0.1, 0.15) is 0 Å². The third kappa shape index (κ3) is 3.62. The van der Waals surface area contributed by atoms with E-state index in [4.69, 9.17) is 4.52 Å². The molecule has 0 saturated carbocycles. The Hall–Kier alpha value is -2.28. The third-order valence-electron chi connectivity index (χ3n) is 5.43. The molecule has 26 heavy (non-hydrogen) atoms. The van der Waals surface area contributed by atoms with Crippen LogP contribution in [0.2, 0.25) is 0 Å². The van der Waals surface area contributed by atoms with E-state index in [9.17, 15) is 4.79 Å². The number of pyridine rings is 1. The highest BCUT2D eigenvalue weighted by Gasteiger charge is 2.34. The van der Waals surface area contributed by atoms with E-state index in [0.717, 1.165) is 63.0 Å². The van der Waals surface area contributed by atoms with Crippen molar-refractivity contribution < 1.29 is 9.32 Å². The first-order valence-corrected chi connectivity index (χ1v) is 9.31. The summed E-state index contributed by atoms with van der Waals surface area (Å²) in [5.41, 5.74) is 2.28. The van der Waals surface area contributed by atoms with Crippen molar-refractivity contribution in [2.45, 2.75) is 45.1 Å². The molecule has 2 aromatic rings. The minimum absolute atomic E-state index is 0.148. The van der Waals surface area contributed by atoms with Crippen LogP contribution in [0.5, 0.6) is 0 Å². The van der Waals surface area contributed by atoms with Gasteiger partial charge in [0.15, 0.2) is 5.82 Å². The summed E-state index contributed by atoms with van der Waals surface area (Å²) >= 11 is 0. The van der Waals surface area contributed by atoms with Gasteiger partial charge in [-0.3, -0.25) is 14.7 Å². The average molecular weight is 355 g/mol. The highest BCUT2D eigenvalue weighted by Crippen LogP contribution is 2.30.